The van der Waals surface area contributed by atoms with Crippen molar-refractivity contribution < 1.29 is 19.1 Å². The predicted octanol–water partition coefficient (Wildman–Crippen LogP) is -0.715. The fourth-order valence-electron chi connectivity index (χ4n) is 1.62. The molecule has 0 aromatic heterocycles. The van der Waals surface area contributed by atoms with Crippen molar-refractivity contribution in [3.63, 3.8) is 0 Å². The lowest BCUT2D eigenvalue weighted by atomic mass is 10.1. The lowest BCUT2D eigenvalue weighted by molar-refractivity contribution is -0.162. The average molecular weight is 228 g/mol. The number of amides is 3. The summed E-state index contributed by atoms with van der Waals surface area (Å²) in [5, 5.41) is 2.66. The van der Waals surface area contributed by atoms with Crippen molar-refractivity contribution in [3.8, 4) is 0 Å². The zero-order chi connectivity index (χ0) is 12.3. The Hall–Kier alpha value is -1.43. The summed E-state index contributed by atoms with van der Waals surface area (Å²) in [6.45, 7) is 4.71. The maximum atomic E-state index is 11.5. The zero-order valence-electron chi connectivity index (χ0n) is 9.65. The summed E-state index contributed by atoms with van der Waals surface area (Å²) in [6, 6.07) is -0.642. The smallest absolute Gasteiger partial charge is 0.255 e. The number of ether oxygens (including phenoxy) is 1. The van der Waals surface area contributed by atoms with Crippen LogP contribution in [0, 0.1) is 0 Å². The topological polar surface area (TPSA) is 75.7 Å². The largest absolute Gasteiger partial charge is 0.362 e. The molecule has 2 atom stereocenters. The van der Waals surface area contributed by atoms with E-state index in [2.05, 4.69) is 5.32 Å². The molecule has 0 radical (unpaired) electrons. The van der Waals surface area contributed by atoms with Crippen LogP contribution in [0.4, 0.5) is 0 Å². The minimum absolute atomic E-state index is 0.0805. The molecule has 1 aliphatic heterocycles. The van der Waals surface area contributed by atoms with E-state index in [9.17, 15) is 14.4 Å². The van der Waals surface area contributed by atoms with Gasteiger partial charge in [0.1, 0.15) is 13.2 Å². The Kier molecular flexibility index (Phi) is 4.00. The zero-order valence-corrected chi connectivity index (χ0v) is 9.65. The Bertz CT molecular complexity index is 300. The third kappa shape index (κ3) is 2.79. The van der Waals surface area contributed by atoms with E-state index >= 15 is 0 Å². The highest BCUT2D eigenvalue weighted by molar-refractivity contribution is 5.98. The molecule has 6 heteroatoms. The van der Waals surface area contributed by atoms with E-state index in [4.69, 9.17) is 4.74 Å². The summed E-state index contributed by atoms with van der Waals surface area (Å²) < 4.78 is 4.81. The number of hydrogen-bond acceptors (Lipinski definition) is 4. The molecule has 1 N–H and O–H groups in total. The molecule has 6 nitrogen and oxygen atoms in total. The van der Waals surface area contributed by atoms with Crippen LogP contribution in [0.5, 0.6) is 0 Å². The van der Waals surface area contributed by atoms with Gasteiger partial charge in [0.2, 0.25) is 5.91 Å². The Morgan fingerprint density at radius 3 is 2.25 bits per heavy atom. The summed E-state index contributed by atoms with van der Waals surface area (Å²) in [5.41, 5.74) is 0. The van der Waals surface area contributed by atoms with Gasteiger partial charge in [-0.05, 0) is 13.8 Å². The normalized spacial score (nSPS) is 20.6. The number of hydrogen-bond donors (Lipinski definition) is 1. The van der Waals surface area contributed by atoms with E-state index in [-0.39, 0.29) is 43.0 Å². The van der Waals surface area contributed by atoms with E-state index in [1.807, 2.05) is 0 Å². The van der Waals surface area contributed by atoms with E-state index in [0.717, 1.165) is 4.90 Å². The van der Waals surface area contributed by atoms with Crippen LogP contribution in [-0.4, -0.2) is 47.9 Å². The Balaban J connectivity index is 2.70. The molecular weight excluding hydrogens is 212 g/mol. The van der Waals surface area contributed by atoms with Gasteiger partial charge < -0.3 is 10.1 Å². The highest BCUT2D eigenvalue weighted by Crippen LogP contribution is 2.09. The van der Waals surface area contributed by atoms with Gasteiger partial charge in [-0.3, -0.25) is 19.3 Å². The molecule has 1 saturated heterocycles. The molecule has 1 aliphatic rings. The molecule has 1 rings (SSSR count). The molecule has 2 unspecified atom stereocenters. The molecule has 0 saturated carbocycles. The highest BCUT2D eigenvalue weighted by atomic mass is 16.5. The lowest BCUT2D eigenvalue weighted by Crippen LogP contribution is -2.57. The third-order valence-corrected chi connectivity index (χ3v) is 2.55. The van der Waals surface area contributed by atoms with Crippen LogP contribution >= 0.6 is 0 Å². The number of carbonyl (C=O) groups excluding carboxylic acids is 3. The number of imide groups is 1. The quantitative estimate of drug-likeness (QED) is 0.647. The van der Waals surface area contributed by atoms with Crippen molar-refractivity contribution in [2.75, 3.05) is 13.2 Å². The van der Waals surface area contributed by atoms with Gasteiger partial charge in [0.05, 0.1) is 6.04 Å². The second kappa shape index (κ2) is 5.07. The molecule has 0 aromatic rings. The minimum atomic E-state index is -0.368. The number of morpholine rings is 1. The van der Waals surface area contributed by atoms with Crippen LogP contribution < -0.4 is 5.32 Å². The second-order valence-electron chi connectivity index (χ2n) is 3.88. The van der Waals surface area contributed by atoms with Gasteiger partial charge >= 0.3 is 0 Å². The number of carbonyl (C=O) groups is 3. The monoisotopic (exact) mass is 228 g/mol. The molecular formula is C10H16N2O4. The summed E-state index contributed by atoms with van der Waals surface area (Å²) in [5.74, 6) is -0.908. The second-order valence-corrected chi connectivity index (χ2v) is 3.88. The Morgan fingerprint density at radius 1 is 1.31 bits per heavy atom. The Morgan fingerprint density at radius 2 is 1.81 bits per heavy atom. The molecule has 0 aromatic carbocycles. The van der Waals surface area contributed by atoms with E-state index < -0.39 is 0 Å². The summed E-state index contributed by atoms with van der Waals surface area (Å²) in [4.78, 5) is 35.0. The highest BCUT2D eigenvalue weighted by Gasteiger charge is 2.33. The van der Waals surface area contributed by atoms with Crippen molar-refractivity contribution in [1.82, 2.24) is 10.2 Å². The standard InChI is InChI=1S/C10H16N2O4/c1-6(11-8(3)13)7(2)12-9(14)4-16-5-10(12)15/h6-7H,4-5H2,1-3H3,(H,11,13). The van der Waals surface area contributed by atoms with Gasteiger partial charge in [-0.2, -0.15) is 0 Å². The van der Waals surface area contributed by atoms with Gasteiger partial charge in [-0.1, -0.05) is 0 Å². The molecule has 3 amide bonds. The molecule has 1 fully saturated rings. The molecule has 90 valence electrons. The average Bonchev–Trinajstić information content (AvgIpc) is 2.16. The fourth-order valence-corrected chi connectivity index (χ4v) is 1.62. The van der Waals surface area contributed by atoms with Crippen molar-refractivity contribution in [2.24, 2.45) is 0 Å². The predicted molar refractivity (Wildman–Crippen MR) is 55.4 cm³/mol. The van der Waals surface area contributed by atoms with E-state index in [1.54, 1.807) is 13.8 Å². The first kappa shape index (κ1) is 12.6. The van der Waals surface area contributed by atoms with Crippen molar-refractivity contribution in [3.05, 3.63) is 0 Å². The van der Waals surface area contributed by atoms with Crippen LogP contribution in [0.1, 0.15) is 20.8 Å². The van der Waals surface area contributed by atoms with Crippen LogP contribution in [-0.2, 0) is 19.1 Å². The molecule has 16 heavy (non-hydrogen) atoms. The van der Waals surface area contributed by atoms with Crippen LogP contribution in [0.15, 0.2) is 0 Å². The molecule has 0 aliphatic carbocycles. The van der Waals surface area contributed by atoms with E-state index in [1.165, 1.54) is 6.92 Å². The first-order chi connectivity index (χ1) is 7.43. The minimum Gasteiger partial charge on any atom is -0.362 e. The van der Waals surface area contributed by atoms with Crippen molar-refractivity contribution in [2.45, 2.75) is 32.9 Å². The first-order valence-corrected chi connectivity index (χ1v) is 5.13. The number of rotatable bonds is 3. The summed E-state index contributed by atoms with van der Waals surface area (Å²) in [7, 11) is 0. The summed E-state index contributed by atoms with van der Waals surface area (Å²) in [6.07, 6.45) is 0. The first-order valence-electron chi connectivity index (χ1n) is 5.13. The Labute approximate surface area is 93.9 Å². The van der Waals surface area contributed by atoms with Gasteiger partial charge in [0.25, 0.3) is 11.8 Å². The van der Waals surface area contributed by atoms with E-state index in [0.29, 0.717) is 0 Å². The van der Waals surface area contributed by atoms with Crippen molar-refractivity contribution >= 4 is 17.7 Å². The van der Waals surface area contributed by atoms with Crippen LogP contribution in [0.25, 0.3) is 0 Å². The third-order valence-electron chi connectivity index (χ3n) is 2.55. The lowest BCUT2D eigenvalue weighted by Gasteiger charge is -2.34. The molecule has 0 bridgehead atoms. The maximum Gasteiger partial charge on any atom is 0.255 e. The molecule has 0 spiro atoms. The van der Waals surface area contributed by atoms with Gasteiger partial charge in [0.15, 0.2) is 0 Å². The van der Waals surface area contributed by atoms with Gasteiger partial charge in [-0.25, -0.2) is 0 Å². The maximum absolute atomic E-state index is 11.5. The van der Waals surface area contributed by atoms with Crippen LogP contribution in [0.2, 0.25) is 0 Å². The molecule has 1 heterocycles. The number of nitrogens with zero attached hydrogens (tertiary/aromatic N) is 1. The van der Waals surface area contributed by atoms with Gasteiger partial charge in [0, 0.05) is 13.0 Å². The number of nitrogens with one attached hydrogen (secondary N) is 1. The van der Waals surface area contributed by atoms with Crippen LogP contribution in [0.3, 0.4) is 0 Å². The summed E-state index contributed by atoms with van der Waals surface area (Å²) >= 11 is 0. The fraction of sp³-hybridized carbons (Fsp3) is 0.700. The SMILES string of the molecule is CC(=O)NC(C)C(C)N1C(=O)COCC1=O. The van der Waals surface area contributed by atoms with Gasteiger partial charge in [-0.15, -0.1) is 0 Å². The van der Waals surface area contributed by atoms with Crippen molar-refractivity contribution in [1.29, 1.82) is 0 Å².